The highest BCUT2D eigenvalue weighted by molar-refractivity contribution is 4.99. The molecule has 2 N–H and O–H groups in total. The largest absolute Gasteiger partial charge is 0.377 e. The molecule has 1 aromatic rings. The van der Waals surface area contributed by atoms with Gasteiger partial charge in [-0.3, -0.25) is 0 Å². The second kappa shape index (κ2) is 5.32. The van der Waals surface area contributed by atoms with Crippen molar-refractivity contribution < 1.29 is 4.74 Å². The molecule has 0 radical (unpaired) electrons. The van der Waals surface area contributed by atoms with Gasteiger partial charge >= 0.3 is 0 Å². The van der Waals surface area contributed by atoms with Gasteiger partial charge in [-0.15, -0.1) is 10.2 Å². The standard InChI is InChI=1S/C12H23N5O/c1-9-5-4-6-12(8-9,18-3)10(13)7-11-14-16-17(2)15-11/h9-10H,4-8,13H2,1-3H3. The van der Waals surface area contributed by atoms with Crippen molar-refractivity contribution in [3.05, 3.63) is 5.82 Å². The number of hydrogen-bond acceptors (Lipinski definition) is 5. The summed E-state index contributed by atoms with van der Waals surface area (Å²) >= 11 is 0. The molecule has 1 aliphatic carbocycles. The lowest BCUT2D eigenvalue weighted by molar-refractivity contribution is -0.0708. The summed E-state index contributed by atoms with van der Waals surface area (Å²) in [6, 6.07) is -0.0746. The minimum absolute atomic E-state index is 0.0746. The van der Waals surface area contributed by atoms with Crippen molar-refractivity contribution in [1.29, 1.82) is 0 Å². The van der Waals surface area contributed by atoms with E-state index < -0.39 is 0 Å². The van der Waals surface area contributed by atoms with Gasteiger partial charge in [0.05, 0.1) is 12.6 Å². The smallest absolute Gasteiger partial charge is 0.176 e. The zero-order valence-corrected chi connectivity index (χ0v) is 11.5. The molecule has 1 heterocycles. The Hall–Kier alpha value is -1.01. The van der Waals surface area contributed by atoms with E-state index in [9.17, 15) is 0 Å². The summed E-state index contributed by atoms with van der Waals surface area (Å²) in [5.41, 5.74) is 6.13. The molecule has 0 saturated heterocycles. The number of aromatic nitrogens is 4. The number of methoxy groups -OCH3 is 1. The number of ether oxygens (including phenoxy) is 1. The predicted octanol–water partition coefficient (Wildman–Crippen LogP) is 0.675. The summed E-state index contributed by atoms with van der Waals surface area (Å²) in [7, 11) is 3.53. The van der Waals surface area contributed by atoms with Crippen molar-refractivity contribution in [2.45, 2.75) is 50.7 Å². The molecule has 102 valence electrons. The summed E-state index contributed by atoms with van der Waals surface area (Å²) < 4.78 is 5.78. The fourth-order valence-corrected chi connectivity index (χ4v) is 3.01. The van der Waals surface area contributed by atoms with Gasteiger partial charge in [0.1, 0.15) is 0 Å². The number of nitrogens with zero attached hydrogens (tertiary/aromatic N) is 4. The Morgan fingerprint density at radius 3 is 2.94 bits per heavy atom. The Bertz CT molecular complexity index is 394. The van der Waals surface area contributed by atoms with E-state index in [4.69, 9.17) is 10.5 Å². The molecule has 6 heteroatoms. The van der Waals surface area contributed by atoms with Gasteiger partial charge in [0.15, 0.2) is 5.82 Å². The lowest BCUT2D eigenvalue weighted by Crippen LogP contribution is -2.53. The summed E-state index contributed by atoms with van der Waals surface area (Å²) in [6.45, 7) is 2.26. The second-order valence-electron chi connectivity index (χ2n) is 5.48. The molecular weight excluding hydrogens is 230 g/mol. The van der Waals surface area contributed by atoms with E-state index >= 15 is 0 Å². The van der Waals surface area contributed by atoms with Crippen LogP contribution in [-0.2, 0) is 18.2 Å². The average molecular weight is 253 g/mol. The third kappa shape index (κ3) is 2.70. The van der Waals surface area contributed by atoms with E-state index in [0.29, 0.717) is 18.2 Å². The maximum absolute atomic E-state index is 6.36. The van der Waals surface area contributed by atoms with Crippen LogP contribution >= 0.6 is 0 Å². The van der Waals surface area contributed by atoms with Crippen LogP contribution in [0.15, 0.2) is 0 Å². The highest BCUT2D eigenvalue weighted by Crippen LogP contribution is 2.37. The minimum atomic E-state index is -0.225. The topological polar surface area (TPSA) is 78.9 Å². The number of rotatable bonds is 4. The maximum atomic E-state index is 6.36. The van der Waals surface area contributed by atoms with Crippen LogP contribution < -0.4 is 5.73 Å². The molecule has 3 unspecified atom stereocenters. The van der Waals surface area contributed by atoms with Crippen LogP contribution in [0.3, 0.4) is 0 Å². The molecule has 1 saturated carbocycles. The average Bonchev–Trinajstić information content (AvgIpc) is 2.74. The van der Waals surface area contributed by atoms with Crippen molar-refractivity contribution >= 4 is 0 Å². The summed E-state index contributed by atoms with van der Waals surface area (Å²) in [4.78, 5) is 1.46. The fraction of sp³-hybridized carbons (Fsp3) is 0.917. The molecule has 2 rings (SSSR count). The number of nitrogens with two attached hydrogens (primary N) is 1. The van der Waals surface area contributed by atoms with Crippen LogP contribution in [0.25, 0.3) is 0 Å². The van der Waals surface area contributed by atoms with Crippen LogP contribution in [0.2, 0.25) is 0 Å². The van der Waals surface area contributed by atoms with Gasteiger partial charge in [-0.05, 0) is 24.0 Å². The molecule has 0 aliphatic heterocycles. The van der Waals surface area contributed by atoms with Gasteiger partial charge in [-0.2, -0.15) is 4.80 Å². The van der Waals surface area contributed by atoms with E-state index in [1.807, 2.05) is 0 Å². The lowest BCUT2D eigenvalue weighted by Gasteiger charge is -2.42. The van der Waals surface area contributed by atoms with Gasteiger partial charge in [-0.25, -0.2) is 0 Å². The van der Waals surface area contributed by atoms with E-state index in [0.717, 1.165) is 12.8 Å². The molecule has 0 bridgehead atoms. The molecule has 0 aromatic carbocycles. The van der Waals surface area contributed by atoms with Crippen LogP contribution in [0.4, 0.5) is 0 Å². The highest BCUT2D eigenvalue weighted by Gasteiger charge is 2.40. The van der Waals surface area contributed by atoms with Crippen molar-refractivity contribution in [2.24, 2.45) is 18.7 Å². The van der Waals surface area contributed by atoms with Gasteiger partial charge in [0.2, 0.25) is 0 Å². The summed E-state index contributed by atoms with van der Waals surface area (Å²) in [5, 5.41) is 12.0. The first-order valence-corrected chi connectivity index (χ1v) is 6.59. The first kappa shape index (κ1) is 13.4. The summed E-state index contributed by atoms with van der Waals surface area (Å²) in [6.07, 6.45) is 5.10. The lowest BCUT2D eigenvalue weighted by atomic mass is 9.74. The first-order valence-electron chi connectivity index (χ1n) is 6.59. The van der Waals surface area contributed by atoms with E-state index in [1.54, 1.807) is 14.2 Å². The normalized spacial score (nSPS) is 30.3. The van der Waals surface area contributed by atoms with Crippen molar-refractivity contribution in [2.75, 3.05) is 7.11 Å². The second-order valence-corrected chi connectivity index (χ2v) is 5.48. The zero-order valence-electron chi connectivity index (χ0n) is 11.5. The molecule has 6 nitrogen and oxygen atoms in total. The van der Waals surface area contributed by atoms with E-state index in [-0.39, 0.29) is 11.6 Å². The molecule has 18 heavy (non-hydrogen) atoms. The van der Waals surface area contributed by atoms with Gasteiger partial charge < -0.3 is 10.5 Å². The van der Waals surface area contributed by atoms with Crippen molar-refractivity contribution in [3.63, 3.8) is 0 Å². The van der Waals surface area contributed by atoms with Crippen molar-refractivity contribution in [1.82, 2.24) is 20.2 Å². The van der Waals surface area contributed by atoms with Gasteiger partial charge in [-0.1, -0.05) is 19.8 Å². The van der Waals surface area contributed by atoms with Crippen LogP contribution in [-0.4, -0.2) is 39.0 Å². The number of hydrogen-bond donors (Lipinski definition) is 1. The Morgan fingerprint density at radius 2 is 2.39 bits per heavy atom. The van der Waals surface area contributed by atoms with E-state index in [1.165, 1.54) is 17.6 Å². The Kier molecular flexibility index (Phi) is 3.97. The predicted molar refractivity (Wildman–Crippen MR) is 67.8 cm³/mol. The number of aryl methyl sites for hydroxylation is 1. The van der Waals surface area contributed by atoms with Crippen molar-refractivity contribution in [3.8, 4) is 0 Å². The molecule has 1 aromatic heterocycles. The number of tetrazole rings is 1. The molecule has 0 spiro atoms. The maximum Gasteiger partial charge on any atom is 0.176 e. The van der Waals surface area contributed by atoms with Crippen LogP contribution in [0, 0.1) is 5.92 Å². The molecule has 1 aliphatic rings. The quantitative estimate of drug-likeness (QED) is 0.853. The van der Waals surface area contributed by atoms with Gasteiger partial charge in [0, 0.05) is 19.6 Å². The molecule has 1 fully saturated rings. The molecule has 3 atom stereocenters. The third-order valence-electron chi connectivity index (χ3n) is 4.03. The third-order valence-corrected chi connectivity index (χ3v) is 4.03. The van der Waals surface area contributed by atoms with Crippen LogP contribution in [0.1, 0.15) is 38.4 Å². The fourth-order valence-electron chi connectivity index (χ4n) is 3.01. The first-order chi connectivity index (χ1) is 8.55. The zero-order chi connectivity index (χ0) is 13.2. The van der Waals surface area contributed by atoms with E-state index in [2.05, 4.69) is 22.3 Å². The Balaban J connectivity index is 2.07. The minimum Gasteiger partial charge on any atom is -0.377 e. The Labute approximate surface area is 108 Å². The highest BCUT2D eigenvalue weighted by atomic mass is 16.5. The molecular formula is C12H23N5O. The molecule has 0 amide bonds. The summed E-state index contributed by atoms with van der Waals surface area (Å²) in [5.74, 6) is 1.36. The van der Waals surface area contributed by atoms with Crippen LogP contribution in [0.5, 0.6) is 0 Å². The van der Waals surface area contributed by atoms with Gasteiger partial charge in [0.25, 0.3) is 0 Å². The SMILES string of the molecule is COC1(C(N)Cc2nnn(C)n2)CCCC(C)C1. The monoisotopic (exact) mass is 253 g/mol. The Morgan fingerprint density at radius 1 is 1.61 bits per heavy atom.